The quantitative estimate of drug-likeness (QED) is 0.834. The minimum absolute atomic E-state index is 0.0759. The zero-order chi connectivity index (χ0) is 12.9. The van der Waals surface area contributed by atoms with Crippen LogP contribution in [0.25, 0.3) is 0 Å². The summed E-state index contributed by atoms with van der Waals surface area (Å²) in [6.07, 6.45) is 7.71. The normalized spacial score (nSPS) is 39.6. The molecule has 102 valence electrons. The van der Waals surface area contributed by atoms with Crippen LogP contribution in [0.2, 0.25) is 0 Å². The zero-order valence-corrected chi connectivity index (χ0v) is 11.9. The van der Waals surface area contributed by atoms with Gasteiger partial charge in [-0.3, -0.25) is 10.1 Å². The lowest BCUT2D eigenvalue weighted by atomic mass is 10.0. The Morgan fingerprint density at radius 2 is 1.94 bits per heavy atom. The average molecular weight is 250 g/mol. The third-order valence-electron chi connectivity index (χ3n) is 5.28. The zero-order valence-electron chi connectivity index (χ0n) is 11.9. The Morgan fingerprint density at radius 3 is 2.44 bits per heavy atom. The van der Waals surface area contributed by atoms with Crippen molar-refractivity contribution in [3.8, 4) is 0 Å². The van der Waals surface area contributed by atoms with Gasteiger partial charge in [0.1, 0.15) is 0 Å². The summed E-state index contributed by atoms with van der Waals surface area (Å²) in [6.45, 7) is 6.69. The van der Waals surface area contributed by atoms with Gasteiger partial charge in [-0.1, -0.05) is 33.6 Å². The number of hydrogen-bond acceptors (Lipinski definition) is 2. The largest absolute Gasteiger partial charge is 0.322 e. The van der Waals surface area contributed by atoms with E-state index in [4.69, 9.17) is 0 Å². The maximum atomic E-state index is 12.5. The summed E-state index contributed by atoms with van der Waals surface area (Å²) in [5.41, 5.74) is 0.344. The van der Waals surface area contributed by atoms with Crippen molar-refractivity contribution in [1.82, 2.24) is 10.2 Å². The summed E-state index contributed by atoms with van der Waals surface area (Å²) in [4.78, 5) is 14.8. The molecule has 0 aromatic carbocycles. The van der Waals surface area contributed by atoms with Crippen molar-refractivity contribution in [2.75, 3.05) is 0 Å². The smallest absolute Gasteiger partial charge is 0.241 e. The summed E-state index contributed by atoms with van der Waals surface area (Å²) in [6, 6.07) is 0.562. The van der Waals surface area contributed by atoms with Crippen molar-refractivity contribution in [3.63, 3.8) is 0 Å². The molecule has 3 nitrogen and oxygen atoms in total. The van der Waals surface area contributed by atoms with Gasteiger partial charge in [-0.15, -0.1) is 0 Å². The summed E-state index contributed by atoms with van der Waals surface area (Å²) in [5, 5.41) is 3.62. The van der Waals surface area contributed by atoms with Crippen LogP contribution in [0.1, 0.15) is 59.3 Å². The molecule has 3 heteroatoms. The Hall–Kier alpha value is -0.570. The first-order valence-electron chi connectivity index (χ1n) is 7.63. The highest BCUT2D eigenvalue weighted by atomic mass is 16.2. The van der Waals surface area contributed by atoms with E-state index in [1.54, 1.807) is 0 Å². The molecular formula is C15H26N2O. The molecule has 3 fully saturated rings. The van der Waals surface area contributed by atoms with Crippen LogP contribution in [-0.4, -0.2) is 29.1 Å². The minimum Gasteiger partial charge on any atom is -0.322 e. The van der Waals surface area contributed by atoms with Gasteiger partial charge in [-0.25, -0.2) is 0 Å². The molecule has 1 heterocycles. The molecule has 2 aliphatic carbocycles. The summed E-state index contributed by atoms with van der Waals surface area (Å²) < 4.78 is 0. The molecule has 3 aliphatic rings. The molecule has 3 atom stereocenters. The molecule has 0 aromatic rings. The second-order valence-corrected chi connectivity index (χ2v) is 7.07. The van der Waals surface area contributed by atoms with E-state index >= 15 is 0 Å². The number of nitrogens with one attached hydrogen (secondary N) is 1. The Labute approximate surface area is 110 Å². The Balaban J connectivity index is 1.80. The van der Waals surface area contributed by atoms with Crippen LogP contribution >= 0.6 is 0 Å². The van der Waals surface area contributed by atoms with Gasteiger partial charge in [-0.2, -0.15) is 0 Å². The average Bonchev–Trinajstić information content (AvgIpc) is 2.77. The maximum absolute atomic E-state index is 12.5. The van der Waals surface area contributed by atoms with E-state index in [-0.39, 0.29) is 6.04 Å². The molecule has 18 heavy (non-hydrogen) atoms. The first kappa shape index (κ1) is 12.5. The third kappa shape index (κ3) is 1.87. The van der Waals surface area contributed by atoms with Crippen molar-refractivity contribution in [3.05, 3.63) is 0 Å². The number of carbonyl (C=O) groups excluding carboxylic acids is 1. The van der Waals surface area contributed by atoms with E-state index in [2.05, 4.69) is 31.0 Å². The van der Waals surface area contributed by atoms with Gasteiger partial charge in [0.25, 0.3) is 0 Å². The molecule has 1 amide bonds. The Bertz CT molecular complexity index is 346. The van der Waals surface area contributed by atoms with Gasteiger partial charge in [0.15, 0.2) is 0 Å². The van der Waals surface area contributed by atoms with Crippen LogP contribution in [0.3, 0.4) is 0 Å². The number of carbonyl (C=O) groups is 1. The van der Waals surface area contributed by atoms with Crippen LogP contribution in [-0.2, 0) is 4.79 Å². The van der Waals surface area contributed by atoms with Gasteiger partial charge in [0.2, 0.25) is 5.91 Å². The van der Waals surface area contributed by atoms with E-state index in [1.807, 2.05) is 0 Å². The van der Waals surface area contributed by atoms with Gasteiger partial charge >= 0.3 is 0 Å². The van der Waals surface area contributed by atoms with Crippen molar-refractivity contribution < 1.29 is 4.79 Å². The lowest BCUT2D eigenvalue weighted by Crippen LogP contribution is -2.44. The molecule has 3 rings (SSSR count). The first-order valence-corrected chi connectivity index (χ1v) is 7.63. The topological polar surface area (TPSA) is 32.3 Å². The van der Waals surface area contributed by atoms with Crippen molar-refractivity contribution in [2.24, 2.45) is 11.3 Å². The van der Waals surface area contributed by atoms with Crippen molar-refractivity contribution in [2.45, 2.75) is 77.5 Å². The predicted molar refractivity (Wildman–Crippen MR) is 72.0 cm³/mol. The lowest BCUT2D eigenvalue weighted by molar-refractivity contribution is -0.131. The standard InChI is InChI=1S/C15H26N2O/c1-4-11-14(18)17(12-9-15(12,2)3)13(16-11)10-7-5-6-8-10/h10-13,16H,4-9H2,1-3H3. The molecule has 0 aromatic heterocycles. The summed E-state index contributed by atoms with van der Waals surface area (Å²) >= 11 is 0. The fourth-order valence-electron chi connectivity index (χ4n) is 3.87. The van der Waals surface area contributed by atoms with Crippen LogP contribution in [0.5, 0.6) is 0 Å². The Morgan fingerprint density at radius 1 is 1.33 bits per heavy atom. The fourth-order valence-corrected chi connectivity index (χ4v) is 3.87. The molecule has 2 saturated carbocycles. The van der Waals surface area contributed by atoms with Crippen LogP contribution in [0, 0.1) is 11.3 Å². The number of rotatable bonds is 3. The van der Waals surface area contributed by atoms with Crippen LogP contribution in [0.4, 0.5) is 0 Å². The minimum atomic E-state index is 0.0759. The van der Waals surface area contributed by atoms with Crippen LogP contribution in [0.15, 0.2) is 0 Å². The van der Waals surface area contributed by atoms with Crippen LogP contribution < -0.4 is 5.32 Å². The highest BCUT2D eigenvalue weighted by molar-refractivity contribution is 5.85. The third-order valence-corrected chi connectivity index (χ3v) is 5.28. The fraction of sp³-hybridized carbons (Fsp3) is 0.933. The summed E-state index contributed by atoms with van der Waals surface area (Å²) in [7, 11) is 0. The summed E-state index contributed by atoms with van der Waals surface area (Å²) in [5.74, 6) is 1.06. The molecule has 0 spiro atoms. The van der Waals surface area contributed by atoms with Crippen molar-refractivity contribution in [1.29, 1.82) is 0 Å². The molecule has 1 aliphatic heterocycles. The number of hydrogen-bond donors (Lipinski definition) is 1. The highest BCUT2D eigenvalue weighted by Crippen LogP contribution is 2.51. The number of nitrogens with zero attached hydrogens (tertiary/aromatic N) is 1. The van der Waals surface area contributed by atoms with E-state index in [0.717, 1.165) is 6.42 Å². The Kier molecular flexibility index (Phi) is 2.92. The molecule has 0 bridgehead atoms. The van der Waals surface area contributed by atoms with E-state index in [1.165, 1.54) is 32.1 Å². The molecule has 1 N–H and O–H groups in total. The molecule has 3 unspecified atom stereocenters. The maximum Gasteiger partial charge on any atom is 0.241 e. The van der Waals surface area contributed by atoms with Gasteiger partial charge < -0.3 is 4.90 Å². The highest BCUT2D eigenvalue weighted by Gasteiger charge is 2.57. The van der Waals surface area contributed by atoms with Crippen molar-refractivity contribution >= 4 is 5.91 Å². The predicted octanol–water partition coefficient (Wildman–Crippen LogP) is 2.51. The van der Waals surface area contributed by atoms with E-state index < -0.39 is 0 Å². The first-order chi connectivity index (χ1) is 8.54. The SMILES string of the molecule is CCC1NC(C2CCCC2)N(C2CC2(C)C)C1=O. The molecule has 1 saturated heterocycles. The second kappa shape index (κ2) is 4.22. The van der Waals surface area contributed by atoms with Gasteiger partial charge in [0.05, 0.1) is 12.2 Å². The second-order valence-electron chi connectivity index (χ2n) is 7.07. The molecular weight excluding hydrogens is 224 g/mol. The van der Waals surface area contributed by atoms with E-state index in [9.17, 15) is 4.79 Å². The molecule has 0 radical (unpaired) electrons. The monoisotopic (exact) mass is 250 g/mol. The van der Waals surface area contributed by atoms with E-state index in [0.29, 0.717) is 29.4 Å². The van der Waals surface area contributed by atoms with Gasteiger partial charge in [-0.05, 0) is 37.0 Å². The van der Waals surface area contributed by atoms with Gasteiger partial charge in [0, 0.05) is 6.04 Å². The number of amides is 1. The lowest BCUT2D eigenvalue weighted by Gasteiger charge is -2.30.